The molecule has 0 aliphatic heterocycles. The number of benzene rings is 4. The molecule has 1 aliphatic carbocycles. The number of carbonyl (C=O) groups is 2. The van der Waals surface area contributed by atoms with Crippen LogP contribution >= 0.6 is 0 Å². The van der Waals surface area contributed by atoms with E-state index in [0.29, 0.717) is 27.7 Å². The van der Waals surface area contributed by atoms with Crippen molar-refractivity contribution in [2.45, 2.75) is 71.5 Å². The van der Waals surface area contributed by atoms with Crippen molar-refractivity contribution in [2.75, 3.05) is 23.9 Å². The van der Waals surface area contributed by atoms with Gasteiger partial charge in [-0.05, 0) is 132 Å². The molecule has 0 bridgehead atoms. The Morgan fingerprint density at radius 1 is 0.692 bits per heavy atom. The van der Waals surface area contributed by atoms with Gasteiger partial charge in [0.25, 0.3) is 22.5 Å². The van der Waals surface area contributed by atoms with Crippen molar-refractivity contribution in [3.8, 4) is 11.4 Å². The Balaban J connectivity index is 0.000000216. The first kappa shape index (κ1) is 46.7. The van der Waals surface area contributed by atoms with Crippen molar-refractivity contribution in [3.63, 3.8) is 0 Å². The van der Waals surface area contributed by atoms with Gasteiger partial charge in [0.15, 0.2) is 0 Å². The van der Waals surface area contributed by atoms with Gasteiger partial charge in [-0.2, -0.15) is 0 Å². The van der Waals surface area contributed by atoms with E-state index >= 15 is 0 Å². The number of rotatable bonds is 8. The number of amides is 2. The first-order valence-electron chi connectivity index (χ1n) is 20.2. The van der Waals surface area contributed by atoms with Crippen molar-refractivity contribution in [3.05, 3.63) is 155 Å². The van der Waals surface area contributed by atoms with Gasteiger partial charge in [0.1, 0.15) is 22.8 Å². The topological polar surface area (TPSA) is 189 Å². The molecule has 1 aliphatic rings. The SMILES string of the molecule is C=Cc1cc(-n2ccc3cc(N(C)C(=O)OC(C)(C)C)c(F)cc3c2=O)ccc1[N+](=O)[O-].CN(C(=O)OC(C)(C)C)c1cc2ccn(-c3ccc([N+](=O)[O-])c(C4CC4)c3)c(=O)c2cc1F. The minimum absolute atomic E-state index is 0.0137. The van der Waals surface area contributed by atoms with Crippen LogP contribution in [0.15, 0.2) is 101 Å². The average molecular weight is 893 g/mol. The van der Waals surface area contributed by atoms with Crippen LogP contribution in [0.5, 0.6) is 0 Å². The van der Waals surface area contributed by atoms with Gasteiger partial charge in [0.05, 0.1) is 37.6 Å². The number of pyridine rings is 2. The van der Waals surface area contributed by atoms with E-state index in [2.05, 4.69) is 6.58 Å². The number of carbonyl (C=O) groups excluding carboxylic acids is 2. The van der Waals surface area contributed by atoms with E-state index in [0.717, 1.165) is 34.8 Å². The van der Waals surface area contributed by atoms with Gasteiger partial charge in [-0.25, -0.2) is 18.4 Å². The van der Waals surface area contributed by atoms with Gasteiger partial charge in [0.2, 0.25) is 0 Å². The maximum absolute atomic E-state index is 14.9. The predicted octanol–water partition coefficient (Wildman–Crippen LogP) is 10.3. The summed E-state index contributed by atoms with van der Waals surface area (Å²) >= 11 is 0. The van der Waals surface area contributed by atoms with E-state index in [9.17, 15) is 48.2 Å². The number of halogens is 2. The van der Waals surface area contributed by atoms with E-state index in [4.69, 9.17) is 9.47 Å². The fraction of sp³-hybridized carbons (Fsp3) is 0.277. The second-order valence-corrected chi connectivity index (χ2v) is 17.3. The molecule has 6 aromatic rings. The molecule has 338 valence electrons. The van der Waals surface area contributed by atoms with Gasteiger partial charge in [-0.3, -0.25) is 48.8 Å². The minimum Gasteiger partial charge on any atom is -0.443 e. The average Bonchev–Trinajstić information content (AvgIpc) is 4.08. The lowest BCUT2D eigenvalue weighted by molar-refractivity contribution is -0.385. The highest BCUT2D eigenvalue weighted by molar-refractivity contribution is 5.94. The molecule has 0 unspecified atom stereocenters. The summed E-state index contributed by atoms with van der Waals surface area (Å²) in [5.41, 5.74) is -0.923. The lowest BCUT2D eigenvalue weighted by Crippen LogP contribution is -2.34. The van der Waals surface area contributed by atoms with Gasteiger partial charge in [-0.1, -0.05) is 12.7 Å². The molecular weight excluding hydrogens is 847 g/mol. The van der Waals surface area contributed by atoms with E-state index in [-0.39, 0.29) is 45.0 Å². The third-order valence-electron chi connectivity index (χ3n) is 10.2. The van der Waals surface area contributed by atoms with Crippen LogP contribution in [-0.4, -0.2) is 56.5 Å². The molecule has 0 saturated heterocycles. The number of nitrogens with zero attached hydrogens (tertiary/aromatic N) is 6. The van der Waals surface area contributed by atoms with Gasteiger partial charge >= 0.3 is 12.2 Å². The van der Waals surface area contributed by atoms with Crippen LogP contribution in [0.2, 0.25) is 0 Å². The maximum atomic E-state index is 14.9. The zero-order valence-electron chi connectivity index (χ0n) is 36.9. The number of hydrogen-bond acceptors (Lipinski definition) is 10. The predicted molar refractivity (Wildman–Crippen MR) is 244 cm³/mol. The van der Waals surface area contributed by atoms with E-state index in [1.807, 2.05) is 0 Å². The molecule has 2 aromatic heterocycles. The van der Waals surface area contributed by atoms with Crippen LogP contribution in [0.25, 0.3) is 39.0 Å². The van der Waals surface area contributed by atoms with Crippen molar-refractivity contribution in [1.82, 2.24) is 9.13 Å². The molecule has 1 fully saturated rings. The molecule has 0 spiro atoms. The van der Waals surface area contributed by atoms with Crippen LogP contribution in [-0.2, 0) is 9.47 Å². The summed E-state index contributed by atoms with van der Waals surface area (Å²) in [6.07, 6.45) is 4.64. The Hall–Kier alpha value is -7.76. The second kappa shape index (κ2) is 17.8. The van der Waals surface area contributed by atoms with Crippen molar-refractivity contribution in [2.24, 2.45) is 0 Å². The Morgan fingerprint density at radius 2 is 1.11 bits per heavy atom. The third kappa shape index (κ3) is 10.2. The standard InChI is InChI=1S/C24H24FN3O5.C23H22FN3O5/c1-24(2,3)33-23(30)26(4)21-11-15-9-10-27(22(29)18(15)13-19(21)25)16-7-8-20(28(31)32)17(12-16)14-5-6-14;1-6-14-11-16(7-8-19(14)27(30)31)26-10-9-15-12-20(18(24)13-17(15)21(26)28)25(5)22(29)32-23(2,3)4/h7-14H,5-6H2,1-4H3;6-13H,1H2,2-5H3. The molecule has 18 heteroatoms. The number of ether oxygens (including phenoxy) is 2. The van der Waals surface area contributed by atoms with Gasteiger partial charge in [0, 0.05) is 55.6 Å². The van der Waals surface area contributed by atoms with Crippen molar-refractivity contribution < 1.29 is 37.7 Å². The normalized spacial score (nSPS) is 12.5. The smallest absolute Gasteiger partial charge is 0.414 e. The zero-order valence-corrected chi connectivity index (χ0v) is 36.9. The number of aromatic nitrogens is 2. The van der Waals surface area contributed by atoms with Crippen LogP contribution in [0.3, 0.4) is 0 Å². The fourth-order valence-electron chi connectivity index (χ4n) is 6.89. The zero-order chi connectivity index (χ0) is 47.9. The second-order valence-electron chi connectivity index (χ2n) is 17.3. The number of fused-ring (bicyclic) bond motifs is 2. The molecule has 7 rings (SSSR count). The quantitative estimate of drug-likeness (QED) is 0.105. The molecule has 16 nitrogen and oxygen atoms in total. The molecule has 4 aromatic carbocycles. The van der Waals surface area contributed by atoms with Crippen LogP contribution in [0.1, 0.15) is 71.4 Å². The highest BCUT2D eigenvalue weighted by Crippen LogP contribution is 2.44. The van der Waals surface area contributed by atoms with Gasteiger partial charge < -0.3 is 9.47 Å². The lowest BCUT2D eigenvalue weighted by atomic mass is 10.1. The Bertz CT molecular complexity index is 3060. The molecule has 0 atom stereocenters. The lowest BCUT2D eigenvalue weighted by Gasteiger charge is -2.25. The summed E-state index contributed by atoms with van der Waals surface area (Å²) in [5.74, 6) is -1.39. The Labute approximate surface area is 370 Å². The maximum Gasteiger partial charge on any atom is 0.414 e. The molecule has 0 radical (unpaired) electrons. The summed E-state index contributed by atoms with van der Waals surface area (Å²) < 4.78 is 42.9. The Morgan fingerprint density at radius 3 is 1.49 bits per heavy atom. The van der Waals surface area contributed by atoms with E-state index in [1.54, 1.807) is 59.7 Å². The summed E-state index contributed by atoms with van der Waals surface area (Å²) in [7, 11) is 2.78. The van der Waals surface area contributed by atoms with Crippen LogP contribution in [0.4, 0.5) is 41.1 Å². The summed E-state index contributed by atoms with van der Waals surface area (Å²) in [6.45, 7) is 13.8. The Kier molecular flexibility index (Phi) is 12.8. The van der Waals surface area contributed by atoms with Crippen molar-refractivity contribution in [1.29, 1.82) is 0 Å². The number of nitro benzene ring substituents is 2. The molecule has 2 amide bonds. The number of hydrogen-bond donors (Lipinski definition) is 0. The van der Waals surface area contributed by atoms with Crippen LogP contribution < -0.4 is 20.9 Å². The largest absolute Gasteiger partial charge is 0.443 e. The van der Waals surface area contributed by atoms with E-state index < -0.39 is 56.0 Å². The van der Waals surface area contributed by atoms with Gasteiger partial charge in [-0.15, -0.1) is 0 Å². The highest BCUT2D eigenvalue weighted by atomic mass is 19.1. The first-order chi connectivity index (χ1) is 30.4. The first-order valence-corrected chi connectivity index (χ1v) is 20.2. The monoisotopic (exact) mass is 892 g/mol. The minimum atomic E-state index is -0.767. The molecule has 2 heterocycles. The molecule has 65 heavy (non-hydrogen) atoms. The van der Waals surface area contributed by atoms with Crippen LogP contribution in [0, 0.1) is 31.9 Å². The molecule has 1 saturated carbocycles. The fourth-order valence-corrected chi connectivity index (χ4v) is 6.89. The number of anilines is 2. The molecular formula is C47H46F2N6O10. The summed E-state index contributed by atoms with van der Waals surface area (Å²) in [6, 6.07) is 16.9. The van der Waals surface area contributed by atoms with E-state index in [1.165, 1.54) is 84.2 Å². The third-order valence-corrected chi connectivity index (χ3v) is 10.2. The number of nitro groups is 2. The highest BCUT2D eigenvalue weighted by Gasteiger charge is 2.31. The van der Waals surface area contributed by atoms with Crippen molar-refractivity contribution >= 4 is 62.6 Å². The summed E-state index contributed by atoms with van der Waals surface area (Å²) in [5, 5.41) is 23.6. The molecule has 0 N–H and O–H groups in total. The summed E-state index contributed by atoms with van der Waals surface area (Å²) in [4.78, 5) is 74.5.